The Morgan fingerprint density at radius 3 is 2.91 bits per heavy atom. The van der Waals surface area contributed by atoms with Gasteiger partial charge in [-0.15, -0.1) is 0 Å². The molecule has 0 aromatic carbocycles. The number of fused-ring (bicyclic) bond motifs is 3. The molecular weight excluding hydrogens is 408 g/mol. The Bertz CT molecular complexity index is 1120. The molecule has 0 aromatic rings. The van der Waals surface area contributed by atoms with Gasteiger partial charge in [0.15, 0.2) is 17.9 Å². The minimum absolute atomic E-state index is 0.0140. The zero-order valence-electron chi connectivity index (χ0n) is 24.4. The van der Waals surface area contributed by atoms with Crippen LogP contribution in [-0.4, -0.2) is 53.4 Å². The number of allylic oxidation sites excluding steroid dienone is 2. The number of carbonyl (C=O) groups is 2. The van der Waals surface area contributed by atoms with Gasteiger partial charge in [0, 0.05) is 20.2 Å². The monoisotopic (exact) mass is 449 g/mol. The predicted octanol–water partition coefficient (Wildman–Crippen LogP) is 3.37. The molecule has 1 heterocycles. The first-order chi connectivity index (χ1) is 16.9. The minimum Gasteiger partial charge on any atom is -0.381 e. The number of ether oxygens (including phenoxy) is 3. The van der Waals surface area contributed by atoms with E-state index in [2.05, 4.69) is 0 Å². The summed E-state index contributed by atoms with van der Waals surface area (Å²) in [4.78, 5) is 26.1. The molecule has 5 rings (SSSR count). The summed E-state index contributed by atoms with van der Waals surface area (Å²) in [5.74, 6) is -2.97. The van der Waals surface area contributed by atoms with Gasteiger partial charge in [-0.1, -0.05) is 25.5 Å². The quantitative estimate of drug-likeness (QED) is 0.494. The van der Waals surface area contributed by atoms with E-state index in [0.29, 0.717) is 6.42 Å². The van der Waals surface area contributed by atoms with E-state index in [0.717, 1.165) is 0 Å². The summed E-state index contributed by atoms with van der Waals surface area (Å²) >= 11 is 0. The second kappa shape index (κ2) is 7.08. The highest BCUT2D eigenvalue weighted by Gasteiger charge is 2.81. The highest BCUT2D eigenvalue weighted by molar-refractivity contribution is 6.01. The van der Waals surface area contributed by atoms with Gasteiger partial charge in [0.2, 0.25) is 0 Å². The van der Waals surface area contributed by atoms with Gasteiger partial charge in [0.1, 0.15) is 17.8 Å². The Labute approximate surface area is 197 Å². The molecule has 3 saturated carbocycles. The smallest absolute Gasteiger partial charge is 0.190 e. The molecule has 1 aliphatic heterocycles. The fourth-order valence-corrected chi connectivity index (χ4v) is 7.47. The van der Waals surface area contributed by atoms with Crippen LogP contribution in [0.25, 0.3) is 0 Å². The van der Waals surface area contributed by atoms with Crippen molar-refractivity contribution in [2.45, 2.75) is 83.9 Å². The normalized spacial score (nSPS) is 54.1. The van der Waals surface area contributed by atoms with Crippen LogP contribution in [0.4, 0.5) is 0 Å². The van der Waals surface area contributed by atoms with Crippen LogP contribution in [0.3, 0.4) is 0 Å². The van der Waals surface area contributed by atoms with Crippen molar-refractivity contribution >= 4 is 11.6 Å². The molecule has 6 nitrogen and oxygen atoms in total. The van der Waals surface area contributed by atoms with Crippen molar-refractivity contribution in [3.63, 3.8) is 0 Å². The lowest BCUT2D eigenvalue weighted by atomic mass is 9.46. The van der Waals surface area contributed by atoms with E-state index in [1.165, 1.54) is 13.0 Å². The van der Waals surface area contributed by atoms with Crippen molar-refractivity contribution in [1.29, 1.82) is 0 Å². The van der Waals surface area contributed by atoms with Crippen LogP contribution in [0.15, 0.2) is 23.8 Å². The first kappa shape index (κ1) is 17.1. The number of carbonyl (C=O) groups excluding carboxylic acids is 2. The van der Waals surface area contributed by atoms with Gasteiger partial charge in [0.25, 0.3) is 0 Å². The molecule has 9 atom stereocenters. The fraction of sp³-hybridized carbons (Fsp3) is 0.769. The van der Waals surface area contributed by atoms with Crippen molar-refractivity contribution in [2.24, 2.45) is 28.6 Å². The van der Waals surface area contributed by atoms with Gasteiger partial charge in [-0.3, -0.25) is 9.59 Å². The minimum atomic E-state index is -2.80. The Morgan fingerprint density at radius 1 is 1.44 bits per heavy atom. The highest BCUT2D eigenvalue weighted by atomic mass is 16.7. The average molecular weight is 450 g/mol. The SMILES string of the molecule is [2H]C1=C2C([2H])([2H])CC3[C@@H]4C[C@H](C)[C@](O)(C(=O)C([2H])([2H])OC(C)OCC)[C@@]4(C)CC4OC43[C@@]2(C)C=CC1=O. The van der Waals surface area contributed by atoms with E-state index in [1.54, 1.807) is 26.8 Å². The third-order valence-corrected chi connectivity index (χ3v) is 9.13. The number of epoxide rings is 1. The van der Waals surface area contributed by atoms with Gasteiger partial charge in [-0.2, -0.15) is 0 Å². The van der Waals surface area contributed by atoms with Crippen LogP contribution in [0.2, 0.25) is 0 Å². The third-order valence-electron chi connectivity index (χ3n) is 9.13. The molecule has 0 aromatic heterocycles. The van der Waals surface area contributed by atoms with Crippen LogP contribution >= 0.6 is 0 Å². The summed E-state index contributed by atoms with van der Waals surface area (Å²) in [5.41, 5.74) is -4.91. The molecule has 5 aliphatic rings. The van der Waals surface area contributed by atoms with Crippen LogP contribution in [0.1, 0.15) is 67.1 Å². The molecule has 4 fully saturated rings. The van der Waals surface area contributed by atoms with E-state index in [9.17, 15) is 14.7 Å². The summed E-state index contributed by atoms with van der Waals surface area (Å²) in [6, 6.07) is -0.328. The van der Waals surface area contributed by atoms with E-state index >= 15 is 0 Å². The lowest BCUT2D eigenvalue weighted by Crippen LogP contribution is -2.62. The molecule has 6 heteroatoms. The summed E-state index contributed by atoms with van der Waals surface area (Å²) < 4.78 is 60.0. The highest BCUT2D eigenvalue weighted by Crippen LogP contribution is 2.76. The number of rotatable bonds is 6. The largest absolute Gasteiger partial charge is 0.381 e. The van der Waals surface area contributed by atoms with Gasteiger partial charge in [-0.05, 0) is 76.3 Å². The summed E-state index contributed by atoms with van der Waals surface area (Å²) in [5, 5.41) is 12.1. The molecule has 4 aliphatic carbocycles. The summed E-state index contributed by atoms with van der Waals surface area (Å²) in [7, 11) is 0. The maximum atomic E-state index is 13.8. The molecule has 0 amide bonds. The topological polar surface area (TPSA) is 85.4 Å². The van der Waals surface area contributed by atoms with Crippen molar-refractivity contribution in [2.75, 3.05) is 13.2 Å². The van der Waals surface area contributed by atoms with Gasteiger partial charge in [-0.25, -0.2) is 0 Å². The van der Waals surface area contributed by atoms with E-state index in [4.69, 9.17) is 21.1 Å². The molecule has 1 spiro atoms. The molecule has 4 unspecified atom stereocenters. The zero-order chi connectivity index (χ0) is 27.6. The van der Waals surface area contributed by atoms with Crippen LogP contribution < -0.4 is 0 Å². The first-order valence-electron chi connectivity index (χ1n) is 14.1. The van der Waals surface area contributed by atoms with Gasteiger partial charge >= 0.3 is 0 Å². The maximum Gasteiger partial charge on any atom is 0.190 e. The molecule has 32 heavy (non-hydrogen) atoms. The zero-order valence-corrected chi connectivity index (χ0v) is 19.4. The lowest BCUT2D eigenvalue weighted by Gasteiger charge is -2.55. The third kappa shape index (κ3) is 2.61. The van der Waals surface area contributed by atoms with E-state index in [-0.39, 0.29) is 37.0 Å². The molecular formula is C26H36O6. The van der Waals surface area contributed by atoms with Gasteiger partial charge < -0.3 is 19.3 Å². The van der Waals surface area contributed by atoms with E-state index in [1.807, 2.05) is 6.92 Å². The maximum absolute atomic E-state index is 13.8. The standard InChI is InChI=1S/C26H36O6/c1-6-30-16(3)31-14-21(28)25(29)15(2)11-20-19-8-7-17-12-18(27)9-10-23(17,4)26(19)22(32-26)13-24(20,25)5/h9-10,12,15-16,19-20,22,29H,6-8,11,13-14H2,1-5H3/t15-,16?,19?,20-,22?,23-,24-,25-,26?/m0/s1/i7D2,12D,14D2. The van der Waals surface area contributed by atoms with Crippen molar-refractivity contribution < 1.29 is 35.8 Å². The van der Waals surface area contributed by atoms with Crippen molar-refractivity contribution in [3.8, 4) is 0 Å². The Morgan fingerprint density at radius 2 is 2.19 bits per heavy atom. The number of hydrogen-bond acceptors (Lipinski definition) is 6. The first-order valence-corrected chi connectivity index (χ1v) is 11.6. The Hall–Kier alpha value is -1.34. The molecule has 0 bridgehead atoms. The predicted molar refractivity (Wildman–Crippen MR) is 118 cm³/mol. The second-order valence-electron chi connectivity index (χ2n) is 10.5. The second-order valence-corrected chi connectivity index (χ2v) is 10.5. The molecule has 0 radical (unpaired) electrons. The Kier molecular flexibility index (Phi) is 3.79. The van der Waals surface area contributed by atoms with Crippen molar-refractivity contribution in [1.82, 2.24) is 0 Å². The number of aliphatic hydroxyl groups is 1. The van der Waals surface area contributed by atoms with Crippen LogP contribution in [0, 0.1) is 28.6 Å². The summed E-state index contributed by atoms with van der Waals surface area (Å²) in [6.07, 6.45) is 0.225. The van der Waals surface area contributed by atoms with Crippen LogP contribution in [0.5, 0.6) is 0 Å². The number of Topliss-reactive ketones (excluding diaryl/α,β-unsaturated/α-hetero) is 1. The fourth-order valence-electron chi connectivity index (χ4n) is 7.47. The average Bonchev–Trinajstić information content (AvgIpc) is 3.47. The van der Waals surface area contributed by atoms with E-state index < -0.39 is 70.8 Å². The van der Waals surface area contributed by atoms with Crippen LogP contribution in [-0.2, 0) is 23.8 Å². The molecule has 1 N–H and O–H groups in total. The number of hydrogen-bond donors (Lipinski definition) is 1. The molecule has 1 saturated heterocycles. The lowest BCUT2D eigenvalue weighted by molar-refractivity contribution is -0.180. The summed E-state index contributed by atoms with van der Waals surface area (Å²) in [6.45, 7) is 6.03. The number of ketones is 2. The van der Waals surface area contributed by atoms with Gasteiger partial charge in [0.05, 0.1) is 10.2 Å². The van der Waals surface area contributed by atoms with Crippen molar-refractivity contribution in [3.05, 3.63) is 23.8 Å². The molecule has 176 valence electrons. The Balaban J connectivity index is 1.56.